The molecule has 7 heteroatoms. The van der Waals surface area contributed by atoms with Gasteiger partial charge in [-0.05, 0) is 50.3 Å². The molecule has 0 amide bonds. The summed E-state index contributed by atoms with van der Waals surface area (Å²) in [7, 11) is 0. The number of aromatic nitrogens is 3. The Labute approximate surface area is 168 Å². The van der Waals surface area contributed by atoms with Crippen LogP contribution in [0.4, 0.5) is 4.39 Å². The fourth-order valence-corrected chi connectivity index (χ4v) is 4.77. The van der Waals surface area contributed by atoms with Crippen molar-refractivity contribution < 1.29 is 14.2 Å². The van der Waals surface area contributed by atoms with Gasteiger partial charge < -0.3 is 15.2 Å². The number of phenolic OH excluding ortho intramolecular Hbond substituents is 1. The van der Waals surface area contributed by atoms with Gasteiger partial charge in [-0.2, -0.15) is 0 Å². The Morgan fingerprint density at radius 3 is 2.79 bits per heavy atom. The SMILES string of the molecule is C[C@@]12CC[C@@](C)(N1)[C@@H](F)[C@@H](Oc1cnc(-c3cc4ccncc4cc3O)cn1)C2. The summed E-state index contributed by atoms with van der Waals surface area (Å²) in [5.74, 6) is 0.396. The number of fused-ring (bicyclic) bond motifs is 3. The maximum atomic E-state index is 15.1. The van der Waals surface area contributed by atoms with Gasteiger partial charge in [0.1, 0.15) is 11.9 Å². The van der Waals surface area contributed by atoms with Gasteiger partial charge >= 0.3 is 0 Å². The first-order valence-corrected chi connectivity index (χ1v) is 9.85. The highest BCUT2D eigenvalue weighted by molar-refractivity contribution is 5.89. The predicted octanol–water partition coefficient (Wildman–Crippen LogP) is 3.79. The van der Waals surface area contributed by atoms with Gasteiger partial charge in [-0.3, -0.25) is 4.98 Å². The monoisotopic (exact) mass is 394 g/mol. The Morgan fingerprint density at radius 2 is 2.00 bits per heavy atom. The van der Waals surface area contributed by atoms with Crippen molar-refractivity contribution in [3.05, 3.63) is 43.0 Å². The van der Waals surface area contributed by atoms with Crippen LogP contribution in [0.2, 0.25) is 0 Å². The fraction of sp³-hybridized carbons (Fsp3) is 0.409. The van der Waals surface area contributed by atoms with E-state index in [1.54, 1.807) is 24.7 Å². The molecule has 0 unspecified atom stereocenters. The van der Waals surface area contributed by atoms with E-state index in [-0.39, 0.29) is 11.3 Å². The molecule has 6 nitrogen and oxygen atoms in total. The van der Waals surface area contributed by atoms with Crippen molar-refractivity contribution in [1.82, 2.24) is 20.3 Å². The number of phenols is 1. The van der Waals surface area contributed by atoms with Crippen LogP contribution in [0.3, 0.4) is 0 Å². The molecule has 0 spiro atoms. The summed E-state index contributed by atoms with van der Waals surface area (Å²) in [6.45, 7) is 4.04. The number of alkyl halides is 1. The lowest BCUT2D eigenvalue weighted by atomic mass is 9.85. The molecule has 0 radical (unpaired) electrons. The third-order valence-corrected chi connectivity index (χ3v) is 6.30. The van der Waals surface area contributed by atoms with Crippen molar-refractivity contribution in [2.75, 3.05) is 0 Å². The van der Waals surface area contributed by atoms with E-state index in [2.05, 4.69) is 27.2 Å². The van der Waals surface area contributed by atoms with Crippen LogP contribution in [-0.2, 0) is 0 Å². The number of piperidine rings is 1. The van der Waals surface area contributed by atoms with Crippen molar-refractivity contribution in [3.8, 4) is 22.9 Å². The Hall–Kier alpha value is -2.80. The van der Waals surface area contributed by atoms with Crippen LogP contribution in [0.15, 0.2) is 43.0 Å². The number of nitrogens with zero attached hydrogens (tertiary/aromatic N) is 3. The smallest absolute Gasteiger partial charge is 0.232 e. The zero-order valence-corrected chi connectivity index (χ0v) is 16.4. The molecule has 3 aromatic rings. The molecule has 2 aliphatic rings. The van der Waals surface area contributed by atoms with E-state index in [1.807, 2.05) is 19.1 Å². The minimum absolute atomic E-state index is 0.105. The lowest BCUT2D eigenvalue weighted by Crippen LogP contribution is -2.63. The average Bonchev–Trinajstić information content (AvgIpc) is 2.98. The summed E-state index contributed by atoms with van der Waals surface area (Å²) in [6.07, 6.45) is 7.09. The van der Waals surface area contributed by atoms with E-state index in [0.717, 1.165) is 23.6 Å². The summed E-state index contributed by atoms with van der Waals surface area (Å²) in [5.41, 5.74) is 0.429. The zero-order chi connectivity index (χ0) is 20.2. The van der Waals surface area contributed by atoms with Gasteiger partial charge in [0.25, 0.3) is 0 Å². The maximum absolute atomic E-state index is 15.1. The molecule has 4 atom stereocenters. The minimum Gasteiger partial charge on any atom is -0.507 e. The van der Waals surface area contributed by atoms with Gasteiger partial charge in [0, 0.05) is 35.3 Å². The van der Waals surface area contributed by atoms with E-state index < -0.39 is 17.8 Å². The molecule has 29 heavy (non-hydrogen) atoms. The number of aromatic hydroxyl groups is 1. The van der Waals surface area contributed by atoms with Gasteiger partial charge in [-0.1, -0.05) is 0 Å². The van der Waals surface area contributed by atoms with E-state index >= 15 is 4.39 Å². The second kappa shape index (κ2) is 6.35. The molecular formula is C22H23FN4O2. The first-order valence-electron chi connectivity index (χ1n) is 9.85. The minimum atomic E-state index is -1.11. The fourth-order valence-electron chi connectivity index (χ4n) is 4.77. The summed E-state index contributed by atoms with van der Waals surface area (Å²) in [5, 5.41) is 15.6. The molecule has 2 N–H and O–H groups in total. The lowest BCUT2D eigenvalue weighted by molar-refractivity contribution is -0.00927. The molecule has 2 aromatic heterocycles. The largest absolute Gasteiger partial charge is 0.507 e. The second-order valence-corrected chi connectivity index (χ2v) is 8.70. The average molecular weight is 394 g/mol. The number of nitrogens with one attached hydrogen (secondary N) is 1. The van der Waals surface area contributed by atoms with Crippen LogP contribution in [-0.4, -0.2) is 43.4 Å². The lowest BCUT2D eigenvalue weighted by Gasteiger charge is -2.43. The van der Waals surface area contributed by atoms with Crippen LogP contribution >= 0.6 is 0 Å². The molecular weight excluding hydrogens is 371 g/mol. The zero-order valence-electron chi connectivity index (χ0n) is 16.4. The third kappa shape index (κ3) is 3.09. The van der Waals surface area contributed by atoms with Crippen molar-refractivity contribution in [3.63, 3.8) is 0 Å². The molecule has 2 fully saturated rings. The number of hydrogen-bond acceptors (Lipinski definition) is 6. The van der Waals surface area contributed by atoms with Crippen molar-refractivity contribution in [2.24, 2.45) is 0 Å². The van der Waals surface area contributed by atoms with E-state index in [9.17, 15) is 5.11 Å². The first kappa shape index (κ1) is 18.2. The van der Waals surface area contributed by atoms with Gasteiger partial charge in [-0.25, -0.2) is 14.4 Å². The topological polar surface area (TPSA) is 80.2 Å². The molecule has 150 valence electrons. The number of hydrogen-bond donors (Lipinski definition) is 2. The Bertz CT molecular complexity index is 1080. The molecule has 4 heterocycles. The number of ether oxygens (including phenoxy) is 1. The van der Waals surface area contributed by atoms with Gasteiger partial charge in [0.2, 0.25) is 5.88 Å². The Kier molecular flexibility index (Phi) is 4.00. The Morgan fingerprint density at radius 1 is 1.14 bits per heavy atom. The molecule has 5 rings (SSSR count). The number of halogens is 1. The first-order chi connectivity index (χ1) is 13.9. The molecule has 2 bridgehead atoms. The number of rotatable bonds is 3. The van der Waals surface area contributed by atoms with Gasteiger partial charge in [0.05, 0.1) is 23.6 Å². The third-order valence-electron chi connectivity index (χ3n) is 6.30. The summed E-state index contributed by atoms with van der Waals surface area (Å²) < 4.78 is 21.0. The standard InChI is InChI=1S/C22H23FN4O2/c1-21-4-5-22(2,27-21)20(23)18(9-21)29-19-12-25-16(11-26-19)15-7-13-3-6-24-10-14(13)8-17(15)28/h3,6-8,10-12,18,20,27-28H,4-5,9H2,1-2H3/t18-,20-,21-,22+/m0/s1. The van der Waals surface area contributed by atoms with Crippen LogP contribution in [0.5, 0.6) is 11.6 Å². The second-order valence-electron chi connectivity index (χ2n) is 8.70. The number of benzene rings is 1. The van der Waals surface area contributed by atoms with Crippen molar-refractivity contribution in [1.29, 1.82) is 0 Å². The Balaban J connectivity index is 1.39. The molecule has 0 saturated carbocycles. The van der Waals surface area contributed by atoms with Gasteiger partial charge in [-0.15, -0.1) is 0 Å². The van der Waals surface area contributed by atoms with Crippen LogP contribution in [0.1, 0.15) is 33.1 Å². The molecule has 0 aliphatic carbocycles. The normalized spacial score (nSPS) is 31.1. The van der Waals surface area contributed by atoms with E-state index in [4.69, 9.17) is 4.74 Å². The maximum Gasteiger partial charge on any atom is 0.232 e. The molecule has 2 aliphatic heterocycles. The van der Waals surface area contributed by atoms with Crippen LogP contribution in [0.25, 0.3) is 22.0 Å². The highest BCUT2D eigenvalue weighted by Gasteiger charge is 2.56. The predicted molar refractivity (Wildman–Crippen MR) is 108 cm³/mol. The molecule has 2 saturated heterocycles. The van der Waals surface area contributed by atoms with E-state index in [0.29, 0.717) is 23.6 Å². The molecule has 1 aromatic carbocycles. The quantitative estimate of drug-likeness (QED) is 0.704. The van der Waals surface area contributed by atoms with Crippen molar-refractivity contribution >= 4 is 10.8 Å². The number of pyridine rings is 1. The summed E-state index contributed by atoms with van der Waals surface area (Å²) >= 11 is 0. The highest BCUT2D eigenvalue weighted by atomic mass is 19.1. The van der Waals surface area contributed by atoms with Crippen LogP contribution < -0.4 is 10.1 Å². The highest BCUT2D eigenvalue weighted by Crippen LogP contribution is 2.44. The summed E-state index contributed by atoms with van der Waals surface area (Å²) in [4.78, 5) is 12.8. The van der Waals surface area contributed by atoms with Gasteiger partial charge in [0.15, 0.2) is 6.17 Å². The van der Waals surface area contributed by atoms with Crippen LogP contribution in [0, 0.1) is 0 Å². The summed E-state index contributed by atoms with van der Waals surface area (Å²) in [6, 6.07) is 5.38. The van der Waals surface area contributed by atoms with Crippen molar-refractivity contribution in [2.45, 2.75) is 56.5 Å². The van der Waals surface area contributed by atoms with E-state index in [1.165, 1.54) is 6.20 Å².